The molecule has 0 unspecified atom stereocenters. The van der Waals surface area contributed by atoms with E-state index in [1.807, 2.05) is 24.0 Å². The molecular weight excluding hydrogens is 280 g/mol. The summed E-state index contributed by atoms with van der Waals surface area (Å²) in [5.74, 6) is 0.358. The van der Waals surface area contributed by atoms with Crippen LogP contribution >= 0.6 is 12.2 Å². The Morgan fingerprint density at radius 1 is 1.26 bits per heavy atom. The number of nitrogens with one attached hydrogen (secondary N) is 1. The average Bonchev–Trinajstić information content (AvgIpc) is 2.73. The van der Waals surface area contributed by atoms with Crippen LogP contribution in [0.1, 0.15) is 11.1 Å². The summed E-state index contributed by atoms with van der Waals surface area (Å²) in [6.45, 7) is 4.11. The second kappa shape index (κ2) is 4.18. The average molecular weight is 296 g/mol. The van der Waals surface area contributed by atoms with Crippen LogP contribution in [0.15, 0.2) is 18.2 Å². The summed E-state index contributed by atoms with van der Waals surface area (Å²) in [5, 5.41) is 3.76. The second-order valence-electron chi connectivity index (χ2n) is 5.34. The molecule has 19 heavy (non-hydrogen) atoms. The zero-order valence-corrected chi connectivity index (χ0v) is 12.5. The highest BCUT2D eigenvalue weighted by atomic mass is 32.2. The van der Waals surface area contributed by atoms with Gasteiger partial charge in [-0.3, -0.25) is 0 Å². The van der Waals surface area contributed by atoms with Gasteiger partial charge in [-0.15, -0.1) is 0 Å². The van der Waals surface area contributed by atoms with Crippen molar-refractivity contribution in [2.75, 3.05) is 16.4 Å². The van der Waals surface area contributed by atoms with Crippen molar-refractivity contribution in [3.05, 3.63) is 29.3 Å². The van der Waals surface area contributed by atoms with E-state index in [1.165, 1.54) is 11.1 Å². The number of sulfone groups is 1. The molecule has 4 nitrogen and oxygen atoms in total. The molecule has 102 valence electrons. The molecule has 2 heterocycles. The van der Waals surface area contributed by atoms with Gasteiger partial charge in [0.25, 0.3) is 0 Å². The molecule has 2 atom stereocenters. The number of hydrogen-bond acceptors (Lipinski definition) is 3. The van der Waals surface area contributed by atoms with Gasteiger partial charge in [0.05, 0.1) is 23.6 Å². The fraction of sp³-hybridized carbons (Fsp3) is 0.462. The second-order valence-corrected chi connectivity index (χ2v) is 7.88. The molecule has 0 aromatic heterocycles. The van der Waals surface area contributed by atoms with Crippen molar-refractivity contribution >= 4 is 32.9 Å². The number of thiocarbonyl (C=S) groups is 1. The van der Waals surface area contributed by atoms with E-state index in [0.29, 0.717) is 5.11 Å². The van der Waals surface area contributed by atoms with Crippen LogP contribution in [0.4, 0.5) is 5.69 Å². The highest BCUT2D eigenvalue weighted by molar-refractivity contribution is 7.91. The van der Waals surface area contributed by atoms with Crippen LogP contribution in [-0.4, -0.2) is 37.1 Å². The third-order valence-corrected chi connectivity index (χ3v) is 5.98. The Bertz CT molecular complexity index is 655. The van der Waals surface area contributed by atoms with Crippen LogP contribution in [0.25, 0.3) is 0 Å². The van der Waals surface area contributed by atoms with Crippen LogP contribution in [0.2, 0.25) is 0 Å². The van der Waals surface area contributed by atoms with Gasteiger partial charge in [-0.25, -0.2) is 8.42 Å². The highest BCUT2D eigenvalue weighted by Crippen LogP contribution is 2.30. The van der Waals surface area contributed by atoms with E-state index in [0.717, 1.165) is 5.69 Å². The summed E-state index contributed by atoms with van der Waals surface area (Å²) in [6.07, 6.45) is 0. The molecule has 2 aliphatic heterocycles. The van der Waals surface area contributed by atoms with Crippen molar-refractivity contribution < 1.29 is 8.42 Å². The normalized spacial score (nSPS) is 28.3. The molecule has 1 N–H and O–H groups in total. The smallest absolute Gasteiger partial charge is 0.174 e. The standard InChI is InChI=1S/C13H16N2O2S2/c1-8-3-4-10(5-9(8)2)15-12-7-19(16,17)6-11(12)14-13(15)18/h3-5,11-12H,6-7H2,1-2H3,(H,14,18)/t11-,12+/m1/s1. The first-order valence-electron chi connectivity index (χ1n) is 6.25. The molecule has 2 fully saturated rings. The Morgan fingerprint density at radius 2 is 2.00 bits per heavy atom. The Hall–Kier alpha value is -1.14. The van der Waals surface area contributed by atoms with Gasteiger partial charge in [-0.2, -0.15) is 0 Å². The van der Waals surface area contributed by atoms with E-state index in [1.54, 1.807) is 0 Å². The van der Waals surface area contributed by atoms with Gasteiger partial charge in [0, 0.05) is 5.69 Å². The predicted octanol–water partition coefficient (Wildman–Crippen LogP) is 1.16. The van der Waals surface area contributed by atoms with Crippen molar-refractivity contribution in [3.63, 3.8) is 0 Å². The first-order chi connectivity index (χ1) is 8.87. The van der Waals surface area contributed by atoms with Crippen molar-refractivity contribution in [3.8, 4) is 0 Å². The first-order valence-corrected chi connectivity index (χ1v) is 8.48. The molecule has 0 aliphatic carbocycles. The van der Waals surface area contributed by atoms with E-state index in [4.69, 9.17) is 12.2 Å². The van der Waals surface area contributed by atoms with Crippen molar-refractivity contribution in [1.82, 2.24) is 5.32 Å². The van der Waals surface area contributed by atoms with Gasteiger partial charge < -0.3 is 10.2 Å². The number of fused-ring (bicyclic) bond motifs is 1. The molecular formula is C13H16N2O2S2. The van der Waals surface area contributed by atoms with Gasteiger partial charge in [-0.1, -0.05) is 6.07 Å². The molecule has 0 bridgehead atoms. The summed E-state index contributed by atoms with van der Waals surface area (Å²) in [7, 11) is -2.95. The summed E-state index contributed by atoms with van der Waals surface area (Å²) >= 11 is 5.35. The molecule has 3 rings (SSSR count). The van der Waals surface area contributed by atoms with Crippen LogP contribution in [-0.2, 0) is 9.84 Å². The molecule has 1 aromatic rings. The molecule has 6 heteroatoms. The third kappa shape index (κ3) is 2.12. The number of nitrogens with zero attached hydrogens (tertiary/aromatic N) is 1. The lowest BCUT2D eigenvalue weighted by Gasteiger charge is -2.24. The first kappa shape index (κ1) is 12.9. The maximum absolute atomic E-state index is 11.7. The molecule has 0 radical (unpaired) electrons. The summed E-state index contributed by atoms with van der Waals surface area (Å²) < 4.78 is 23.5. The van der Waals surface area contributed by atoms with Crippen LogP contribution < -0.4 is 10.2 Å². The quantitative estimate of drug-likeness (QED) is 0.788. The number of aryl methyl sites for hydroxylation is 2. The van der Waals surface area contributed by atoms with Gasteiger partial charge in [0.1, 0.15) is 0 Å². The fourth-order valence-electron chi connectivity index (χ4n) is 2.78. The lowest BCUT2D eigenvalue weighted by Crippen LogP contribution is -2.36. The van der Waals surface area contributed by atoms with Crippen molar-refractivity contribution in [2.45, 2.75) is 25.9 Å². The van der Waals surface area contributed by atoms with E-state index in [9.17, 15) is 8.42 Å². The molecule has 2 saturated heterocycles. The minimum Gasteiger partial charge on any atom is -0.356 e. The highest BCUT2D eigenvalue weighted by Gasteiger charge is 2.47. The SMILES string of the molecule is Cc1ccc(N2C(=S)N[C@@H]3CS(=O)(=O)C[C@@H]32)cc1C. The monoisotopic (exact) mass is 296 g/mol. The maximum Gasteiger partial charge on any atom is 0.174 e. The van der Waals surface area contributed by atoms with Crippen LogP contribution in [0.5, 0.6) is 0 Å². The summed E-state index contributed by atoms with van der Waals surface area (Å²) in [4.78, 5) is 1.96. The molecule has 0 amide bonds. The third-order valence-electron chi connectivity index (χ3n) is 3.95. The molecule has 0 saturated carbocycles. The van der Waals surface area contributed by atoms with E-state index >= 15 is 0 Å². The molecule has 1 aromatic carbocycles. The minimum atomic E-state index is -2.95. The lowest BCUT2D eigenvalue weighted by atomic mass is 10.1. The molecule has 0 spiro atoms. The number of benzene rings is 1. The number of hydrogen-bond donors (Lipinski definition) is 1. The molecule has 2 aliphatic rings. The van der Waals surface area contributed by atoms with E-state index in [-0.39, 0.29) is 23.6 Å². The van der Waals surface area contributed by atoms with Crippen molar-refractivity contribution in [1.29, 1.82) is 0 Å². The summed E-state index contributed by atoms with van der Waals surface area (Å²) in [6, 6.07) is 5.98. The summed E-state index contributed by atoms with van der Waals surface area (Å²) in [5.41, 5.74) is 3.38. The Labute approximate surface area is 118 Å². The van der Waals surface area contributed by atoms with Crippen LogP contribution in [0, 0.1) is 13.8 Å². The Balaban J connectivity index is 1.99. The lowest BCUT2D eigenvalue weighted by molar-refractivity contribution is 0.600. The van der Waals surface area contributed by atoms with Gasteiger partial charge in [0.15, 0.2) is 14.9 Å². The van der Waals surface area contributed by atoms with E-state index < -0.39 is 9.84 Å². The fourth-order valence-corrected chi connectivity index (χ4v) is 5.07. The topological polar surface area (TPSA) is 49.4 Å². The van der Waals surface area contributed by atoms with Gasteiger partial charge in [-0.05, 0) is 49.3 Å². The Kier molecular flexibility index (Phi) is 2.83. The van der Waals surface area contributed by atoms with Crippen molar-refractivity contribution in [2.24, 2.45) is 0 Å². The zero-order valence-electron chi connectivity index (χ0n) is 10.9. The minimum absolute atomic E-state index is 0.0698. The van der Waals surface area contributed by atoms with Gasteiger partial charge >= 0.3 is 0 Å². The number of anilines is 1. The largest absolute Gasteiger partial charge is 0.356 e. The van der Waals surface area contributed by atoms with Crippen LogP contribution in [0.3, 0.4) is 0 Å². The van der Waals surface area contributed by atoms with E-state index in [2.05, 4.69) is 18.3 Å². The Morgan fingerprint density at radius 3 is 2.68 bits per heavy atom. The number of rotatable bonds is 1. The predicted molar refractivity (Wildman–Crippen MR) is 80.4 cm³/mol. The maximum atomic E-state index is 11.7. The zero-order chi connectivity index (χ0) is 13.8. The van der Waals surface area contributed by atoms with Gasteiger partial charge in [0.2, 0.25) is 0 Å².